The van der Waals surface area contributed by atoms with E-state index in [0.29, 0.717) is 17.9 Å². The van der Waals surface area contributed by atoms with Gasteiger partial charge in [-0.1, -0.05) is 31.9 Å². The Morgan fingerprint density at radius 3 is 2.31 bits per heavy atom. The number of carbonyl (C=O) groups is 2. The largest absolute Gasteiger partial charge is 0.507 e. The second kappa shape index (κ2) is 8.90. The molecule has 1 amide bonds. The second-order valence-corrected chi connectivity index (χ2v) is 6.98. The number of nitrogens with zero attached hydrogens (tertiary/aromatic N) is 1. The molecule has 1 N–H and O–H groups in total. The van der Waals surface area contributed by atoms with Crippen molar-refractivity contribution in [1.82, 2.24) is 4.90 Å². The summed E-state index contributed by atoms with van der Waals surface area (Å²) in [6.45, 7) is 2.47. The van der Waals surface area contributed by atoms with Gasteiger partial charge in [0.15, 0.2) is 0 Å². The summed E-state index contributed by atoms with van der Waals surface area (Å²) in [5.74, 6) is -1.47. The van der Waals surface area contributed by atoms with Crippen molar-refractivity contribution in [3.05, 3.63) is 71.0 Å². The van der Waals surface area contributed by atoms with Crippen molar-refractivity contribution < 1.29 is 23.8 Å². The number of rotatable bonds is 7. The van der Waals surface area contributed by atoms with Crippen LogP contribution < -0.4 is 4.74 Å². The minimum atomic E-state index is -0.732. The van der Waals surface area contributed by atoms with Gasteiger partial charge in [-0.2, -0.15) is 0 Å². The Bertz CT molecular complexity index is 919. The highest BCUT2D eigenvalue weighted by atomic mass is 19.1. The van der Waals surface area contributed by atoms with E-state index in [-0.39, 0.29) is 16.9 Å². The van der Waals surface area contributed by atoms with E-state index in [1.54, 1.807) is 31.4 Å². The molecule has 0 spiro atoms. The Morgan fingerprint density at radius 1 is 1.07 bits per heavy atom. The molecule has 5 nitrogen and oxygen atoms in total. The van der Waals surface area contributed by atoms with Gasteiger partial charge in [-0.15, -0.1) is 0 Å². The molecule has 0 aromatic heterocycles. The van der Waals surface area contributed by atoms with Crippen LogP contribution in [0.1, 0.15) is 43.4 Å². The standard InChI is InChI=1S/C23H24FNO4/c1-3-4-5-14-25-20(15-8-12-18(29-2)13-9-15)19(22(27)23(25)28)21(26)16-6-10-17(24)11-7-16/h6-13,20,26H,3-5,14H2,1-2H3/b21-19-. The van der Waals surface area contributed by atoms with Gasteiger partial charge in [0, 0.05) is 12.1 Å². The second-order valence-electron chi connectivity index (χ2n) is 6.98. The van der Waals surface area contributed by atoms with Gasteiger partial charge in [0.05, 0.1) is 18.7 Å². The van der Waals surface area contributed by atoms with Crippen LogP contribution in [0.5, 0.6) is 5.75 Å². The quantitative estimate of drug-likeness (QED) is 0.325. The van der Waals surface area contributed by atoms with E-state index in [1.165, 1.54) is 29.2 Å². The normalized spacial score (nSPS) is 18.3. The van der Waals surface area contributed by atoms with Crippen molar-refractivity contribution in [2.75, 3.05) is 13.7 Å². The third-order valence-corrected chi connectivity index (χ3v) is 5.09. The van der Waals surface area contributed by atoms with Crippen molar-refractivity contribution in [2.24, 2.45) is 0 Å². The van der Waals surface area contributed by atoms with E-state index in [0.717, 1.165) is 19.3 Å². The number of likely N-dealkylation sites (tertiary alicyclic amines) is 1. The predicted octanol–water partition coefficient (Wildman–Crippen LogP) is 4.45. The zero-order valence-corrected chi connectivity index (χ0v) is 16.5. The molecule has 6 heteroatoms. The SMILES string of the molecule is CCCCCN1C(=O)C(=O)/C(=C(\O)c2ccc(F)cc2)C1c1ccc(OC)cc1. The topological polar surface area (TPSA) is 66.8 Å². The molecule has 1 aliphatic heterocycles. The van der Waals surface area contributed by atoms with Crippen molar-refractivity contribution in [3.63, 3.8) is 0 Å². The number of amides is 1. The Kier molecular flexibility index (Phi) is 6.32. The molecule has 1 fully saturated rings. The van der Waals surface area contributed by atoms with Gasteiger partial charge in [-0.25, -0.2) is 4.39 Å². The summed E-state index contributed by atoms with van der Waals surface area (Å²) in [4.78, 5) is 27.1. The van der Waals surface area contributed by atoms with Crippen LogP contribution in [-0.4, -0.2) is 35.4 Å². The van der Waals surface area contributed by atoms with Crippen molar-refractivity contribution in [2.45, 2.75) is 32.2 Å². The number of hydrogen-bond donors (Lipinski definition) is 1. The molecule has 2 aromatic carbocycles. The average Bonchev–Trinajstić information content (AvgIpc) is 2.99. The van der Waals surface area contributed by atoms with E-state index >= 15 is 0 Å². The van der Waals surface area contributed by atoms with Crippen LogP contribution in [0.3, 0.4) is 0 Å². The number of unbranched alkanes of at least 4 members (excludes halogenated alkanes) is 2. The molecule has 2 aromatic rings. The first kappa shape index (κ1) is 20.6. The number of aliphatic hydroxyl groups excluding tert-OH is 1. The van der Waals surface area contributed by atoms with Crippen molar-refractivity contribution in [1.29, 1.82) is 0 Å². The number of carbonyl (C=O) groups excluding carboxylic acids is 2. The molecule has 29 heavy (non-hydrogen) atoms. The third kappa shape index (κ3) is 4.16. The molecular formula is C23H24FNO4. The van der Waals surface area contributed by atoms with Crippen LogP contribution in [-0.2, 0) is 9.59 Å². The van der Waals surface area contributed by atoms with Crippen LogP contribution >= 0.6 is 0 Å². The summed E-state index contributed by atoms with van der Waals surface area (Å²) in [5.41, 5.74) is 1.00. The smallest absolute Gasteiger partial charge is 0.295 e. The summed E-state index contributed by atoms with van der Waals surface area (Å²) in [7, 11) is 1.56. The average molecular weight is 397 g/mol. The molecule has 3 rings (SSSR count). The highest BCUT2D eigenvalue weighted by Crippen LogP contribution is 2.40. The van der Waals surface area contributed by atoms with E-state index in [1.807, 2.05) is 0 Å². The predicted molar refractivity (Wildman–Crippen MR) is 108 cm³/mol. The highest BCUT2D eigenvalue weighted by Gasteiger charge is 2.45. The zero-order valence-electron chi connectivity index (χ0n) is 16.5. The summed E-state index contributed by atoms with van der Waals surface area (Å²) in [6, 6.07) is 11.5. The summed E-state index contributed by atoms with van der Waals surface area (Å²) in [6.07, 6.45) is 2.66. The summed E-state index contributed by atoms with van der Waals surface area (Å²) in [5, 5.41) is 10.9. The lowest BCUT2D eigenvalue weighted by molar-refractivity contribution is -0.139. The number of ketones is 1. The molecule has 1 unspecified atom stereocenters. The number of hydrogen-bond acceptors (Lipinski definition) is 4. The fraction of sp³-hybridized carbons (Fsp3) is 0.304. The lowest BCUT2D eigenvalue weighted by Gasteiger charge is -2.25. The van der Waals surface area contributed by atoms with Crippen molar-refractivity contribution >= 4 is 17.4 Å². The van der Waals surface area contributed by atoms with Crippen LogP contribution in [0.25, 0.3) is 5.76 Å². The van der Waals surface area contributed by atoms with Crippen LogP contribution in [0.2, 0.25) is 0 Å². The Balaban J connectivity index is 2.09. The Labute approximate surface area is 169 Å². The number of methoxy groups -OCH3 is 1. The molecule has 0 bridgehead atoms. The maximum Gasteiger partial charge on any atom is 0.295 e. The van der Waals surface area contributed by atoms with Crippen LogP contribution in [0.15, 0.2) is 54.1 Å². The maximum atomic E-state index is 13.3. The molecule has 1 atom stereocenters. The minimum Gasteiger partial charge on any atom is -0.507 e. The van der Waals surface area contributed by atoms with Gasteiger partial charge in [0.2, 0.25) is 0 Å². The first-order chi connectivity index (χ1) is 14.0. The number of ether oxygens (including phenoxy) is 1. The molecule has 1 heterocycles. The Morgan fingerprint density at radius 2 is 1.72 bits per heavy atom. The first-order valence-corrected chi connectivity index (χ1v) is 9.66. The van der Waals surface area contributed by atoms with E-state index in [4.69, 9.17) is 4.74 Å². The summed E-state index contributed by atoms with van der Waals surface area (Å²) < 4.78 is 18.5. The summed E-state index contributed by atoms with van der Waals surface area (Å²) >= 11 is 0. The monoisotopic (exact) mass is 397 g/mol. The Hall–Kier alpha value is -3.15. The number of benzene rings is 2. The fourth-order valence-corrected chi connectivity index (χ4v) is 3.54. The molecule has 1 aliphatic rings. The van der Waals surface area contributed by atoms with E-state index in [2.05, 4.69) is 6.92 Å². The van der Waals surface area contributed by atoms with Gasteiger partial charge in [0.25, 0.3) is 11.7 Å². The molecule has 0 radical (unpaired) electrons. The van der Waals surface area contributed by atoms with Gasteiger partial charge in [-0.05, 0) is 48.4 Å². The van der Waals surface area contributed by atoms with Gasteiger partial charge >= 0.3 is 0 Å². The number of halogens is 1. The lowest BCUT2D eigenvalue weighted by Crippen LogP contribution is -2.30. The molecular weight excluding hydrogens is 373 g/mol. The molecule has 0 aliphatic carbocycles. The lowest BCUT2D eigenvalue weighted by atomic mass is 9.95. The molecule has 1 saturated heterocycles. The van der Waals surface area contributed by atoms with Crippen LogP contribution in [0.4, 0.5) is 4.39 Å². The minimum absolute atomic E-state index is 0.0169. The van der Waals surface area contributed by atoms with E-state index < -0.39 is 23.5 Å². The number of Topliss-reactive ketones (excluding diaryl/α,β-unsaturated/α-hetero) is 1. The third-order valence-electron chi connectivity index (χ3n) is 5.09. The molecule has 0 saturated carbocycles. The zero-order chi connectivity index (χ0) is 21.0. The molecule has 152 valence electrons. The maximum absolute atomic E-state index is 13.3. The van der Waals surface area contributed by atoms with Gasteiger partial charge in [-0.3, -0.25) is 9.59 Å². The highest BCUT2D eigenvalue weighted by molar-refractivity contribution is 6.46. The fourth-order valence-electron chi connectivity index (χ4n) is 3.54. The van der Waals surface area contributed by atoms with Crippen molar-refractivity contribution in [3.8, 4) is 5.75 Å². The van der Waals surface area contributed by atoms with Crippen LogP contribution in [0, 0.1) is 5.82 Å². The number of aliphatic hydroxyl groups is 1. The van der Waals surface area contributed by atoms with E-state index in [9.17, 15) is 19.1 Å². The van der Waals surface area contributed by atoms with Gasteiger partial charge < -0.3 is 14.7 Å². The van der Waals surface area contributed by atoms with Gasteiger partial charge in [0.1, 0.15) is 17.3 Å². The first-order valence-electron chi connectivity index (χ1n) is 9.66.